The fraction of sp³-hybridized carbons (Fsp3) is 0.550. The first-order valence-corrected chi connectivity index (χ1v) is 9.74. The normalized spacial score (nSPS) is 20.3. The summed E-state index contributed by atoms with van der Waals surface area (Å²) >= 11 is 0. The van der Waals surface area contributed by atoms with Crippen LogP contribution in [0.15, 0.2) is 30.6 Å². The number of aromatic nitrogens is 2. The molecule has 0 saturated carbocycles. The highest BCUT2D eigenvalue weighted by Crippen LogP contribution is 2.35. The smallest absolute Gasteiger partial charge is 0.410 e. The number of nitrogens with zero attached hydrogens (tertiary/aromatic N) is 4. The first kappa shape index (κ1) is 17.8. The van der Waals surface area contributed by atoms with Crippen molar-refractivity contribution in [2.45, 2.75) is 51.2 Å². The van der Waals surface area contributed by atoms with Crippen LogP contribution in [0.5, 0.6) is 0 Å². The molecular formula is C20H26N4O3. The van der Waals surface area contributed by atoms with Gasteiger partial charge in [0.05, 0.1) is 12.7 Å². The third-order valence-electron chi connectivity index (χ3n) is 5.83. The fourth-order valence-electron chi connectivity index (χ4n) is 4.19. The zero-order valence-corrected chi connectivity index (χ0v) is 15.9. The largest absolute Gasteiger partial charge is 0.441 e. The maximum absolute atomic E-state index is 12.9. The van der Waals surface area contributed by atoms with Crippen LogP contribution in [0.3, 0.4) is 0 Å². The third kappa shape index (κ3) is 3.15. The van der Waals surface area contributed by atoms with E-state index in [0.29, 0.717) is 38.2 Å². The Kier molecular flexibility index (Phi) is 4.53. The molecule has 2 fully saturated rings. The Bertz CT molecular complexity index is 854. The van der Waals surface area contributed by atoms with Gasteiger partial charge in [-0.3, -0.25) is 9.20 Å². The zero-order chi connectivity index (χ0) is 19.0. The summed E-state index contributed by atoms with van der Waals surface area (Å²) in [4.78, 5) is 33.3. The maximum Gasteiger partial charge on any atom is 0.410 e. The van der Waals surface area contributed by atoms with Gasteiger partial charge in [0.2, 0.25) is 0 Å². The number of ether oxygens (including phenoxy) is 1. The van der Waals surface area contributed by atoms with Crippen molar-refractivity contribution in [2.24, 2.45) is 0 Å². The summed E-state index contributed by atoms with van der Waals surface area (Å²) in [5.41, 5.74) is 0.887. The quantitative estimate of drug-likeness (QED) is 0.830. The molecule has 0 radical (unpaired) electrons. The van der Waals surface area contributed by atoms with E-state index in [1.807, 2.05) is 38.6 Å². The second-order valence-corrected chi connectivity index (χ2v) is 7.68. The molecule has 1 atom stereocenters. The van der Waals surface area contributed by atoms with E-state index in [1.54, 1.807) is 6.20 Å². The number of carbonyl (C=O) groups excluding carboxylic acids is 2. The third-order valence-corrected chi connectivity index (χ3v) is 5.83. The number of pyridine rings is 1. The topological polar surface area (TPSA) is 67.2 Å². The summed E-state index contributed by atoms with van der Waals surface area (Å²) in [7, 11) is 0. The van der Waals surface area contributed by atoms with Gasteiger partial charge in [0.25, 0.3) is 5.91 Å². The van der Waals surface area contributed by atoms with Crippen LogP contribution in [0.25, 0.3) is 5.65 Å². The number of hydrogen-bond donors (Lipinski definition) is 0. The van der Waals surface area contributed by atoms with E-state index < -0.39 is 5.60 Å². The lowest BCUT2D eigenvalue weighted by molar-refractivity contribution is 0.00287. The van der Waals surface area contributed by atoms with E-state index in [0.717, 1.165) is 18.5 Å². The van der Waals surface area contributed by atoms with Crippen LogP contribution in [-0.2, 0) is 4.74 Å². The van der Waals surface area contributed by atoms with Gasteiger partial charge in [-0.2, -0.15) is 0 Å². The van der Waals surface area contributed by atoms with E-state index in [4.69, 9.17) is 4.74 Å². The van der Waals surface area contributed by atoms with Gasteiger partial charge in [-0.15, -0.1) is 0 Å². The molecule has 4 heterocycles. The van der Waals surface area contributed by atoms with Gasteiger partial charge in [0.1, 0.15) is 16.9 Å². The van der Waals surface area contributed by atoms with E-state index >= 15 is 0 Å². The SMILES string of the molecule is CCCC(C)N1CC2(CCN(C(=O)c3cnc4ccccn34)CC2)OC1=O. The summed E-state index contributed by atoms with van der Waals surface area (Å²) in [5.74, 6) is -0.0240. The van der Waals surface area contributed by atoms with Crippen molar-refractivity contribution in [3.63, 3.8) is 0 Å². The molecule has 2 aliphatic heterocycles. The number of fused-ring (bicyclic) bond motifs is 1. The van der Waals surface area contributed by atoms with Crippen molar-refractivity contribution < 1.29 is 14.3 Å². The standard InChI is InChI=1S/C20H26N4O3/c1-3-6-15(2)24-14-20(27-19(24)26)8-11-22(12-9-20)18(25)16-13-21-17-7-4-5-10-23(16)17/h4-5,7,10,13,15H,3,6,8-9,11-12,14H2,1-2H3. The highest BCUT2D eigenvalue weighted by molar-refractivity contribution is 5.93. The Morgan fingerprint density at radius 3 is 2.85 bits per heavy atom. The molecule has 4 rings (SSSR count). The monoisotopic (exact) mass is 370 g/mol. The van der Waals surface area contributed by atoms with Gasteiger partial charge >= 0.3 is 6.09 Å². The lowest BCUT2D eigenvalue weighted by Crippen LogP contribution is -2.49. The van der Waals surface area contributed by atoms with Gasteiger partial charge < -0.3 is 14.5 Å². The average Bonchev–Trinajstić information content (AvgIpc) is 3.23. The van der Waals surface area contributed by atoms with Crippen molar-refractivity contribution in [1.82, 2.24) is 19.2 Å². The molecule has 27 heavy (non-hydrogen) atoms. The molecule has 7 nitrogen and oxygen atoms in total. The number of imidazole rings is 1. The van der Waals surface area contributed by atoms with Crippen molar-refractivity contribution >= 4 is 17.6 Å². The molecule has 0 aliphatic carbocycles. The zero-order valence-electron chi connectivity index (χ0n) is 15.9. The first-order chi connectivity index (χ1) is 13.0. The summed E-state index contributed by atoms with van der Waals surface area (Å²) in [5, 5.41) is 0. The van der Waals surface area contributed by atoms with Crippen LogP contribution in [0.2, 0.25) is 0 Å². The highest BCUT2D eigenvalue weighted by atomic mass is 16.6. The van der Waals surface area contributed by atoms with Crippen LogP contribution in [0.4, 0.5) is 4.79 Å². The predicted octanol–water partition coefficient (Wildman–Crippen LogP) is 2.95. The minimum Gasteiger partial charge on any atom is -0.441 e. The highest BCUT2D eigenvalue weighted by Gasteiger charge is 2.48. The van der Waals surface area contributed by atoms with E-state index in [1.165, 1.54) is 0 Å². The van der Waals surface area contributed by atoms with Crippen molar-refractivity contribution in [3.8, 4) is 0 Å². The van der Waals surface area contributed by atoms with Gasteiger partial charge in [0.15, 0.2) is 0 Å². The molecule has 7 heteroatoms. The molecule has 1 spiro atoms. The summed E-state index contributed by atoms with van der Waals surface area (Å²) in [6, 6.07) is 5.87. The van der Waals surface area contributed by atoms with E-state index in [-0.39, 0.29) is 18.0 Å². The Balaban J connectivity index is 1.43. The van der Waals surface area contributed by atoms with Crippen molar-refractivity contribution in [3.05, 3.63) is 36.3 Å². The fourth-order valence-corrected chi connectivity index (χ4v) is 4.19. The minimum atomic E-state index is -0.449. The van der Waals surface area contributed by atoms with Gasteiger partial charge in [-0.1, -0.05) is 19.4 Å². The molecular weight excluding hydrogens is 344 g/mol. The number of hydrogen-bond acceptors (Lipinski definition) is 4. The molecule has 0 aromatic carbocycles. The lowest BCUT2D eigenvalue weighted by atomic mass is 9.90. The lowest BCUT2D eigenvalue weighted by Gasteiger charge is -2.37. The molecule has 2 aliphatic rings. The number of carbonyl (C=O) groups is 2. The molecule has 1 unspecified atom stereocenters. The molecule has 2 aromatic rings. The molecule has 0 N–H and O–H groups in total. The molecule has 2 saturated heterocycles. The predicted molar refractivity (Wildman–Crippen MR) is 101 cm³/mol. The Labute approximate surface area is 158 Å². The van der Waals surface area contributed by atoms with Gasteiger partial charge in [-0.05, 0) is 25.5 Å². The van der Waals surface area contributed by atoms with Gasteiger partial charge in [0, 0.05) is 38.2 Å². The Hall–Kier alpha value is -2.57. The number of rotatable bonds is 4. The number of amides is 2. The van der Waals surface area contributed by atoms with Crippen molar-refractivity contribution in [1.29, 1.82) is 0 Å². The summed E-state index contributed by atoms with van der Waals surface area (Å²) in [6.45, 7) is 6.00. The summed E-state index contributed by atoms with van der Waals surface area (Å²) < 4.78 is 7.61. The first-order valence-electron chi connectivity index (χ1n) is 9.74. The van der Waals surface area contributed by atoms with Gasteiger partial charge in [-0.25, -0.2) is 9.78 Å². The Morgan fingerprint density at radius 1 is 1.33 bits per heavy atom. The van der Waals surface area contributed by atoms with Crippen molar-refractivity contribution in [2.75, 3.05) is 19.6 Å². The number of likely N-dealkylation sites (tertiary alicyclic amines) is 1. The van der Waals surface area contributed by atoms with Crippen LogP contribution in [0, 0.1) is 0 Å². The van der Waals surface area contributed by atoms with Crippen LogP contribution >= 0.6 is 0 Å². The Morgan fingerprint density at radius 2 is 2.11 bits per heavy atom. The maximum atomic E-state index is 12.9. The number of piperidine rings is 1. The molecule has 144 valence electrons. The van der Waals surface area contributed by atoms with Crippen LogP contribution in [-0.4, -0.2) is 62.5 Å². The van der Waals surface area contributed by atoms with Crippen LogP contribution in [0.1, 0.15) is 50.0 Å². The molecule has 2 aromatic heterocycles. The summed E-state index contributed by atoms with van der Waals surface area (Å²) in [6.07, 6.45) is 6.65. The van der Waals surface area contributed by atoms with Crippen LogP contribution < -0.4 is 0 Å². The molecule has 2 amide bonds. The van der Waals surface area contributed by atoms with E-state index in [9.17, 15) is 9.59 Å². The second kappa shape index (κ2) is 6.87. The van der Waals surface area contributed by atoms with E-state index in [2.05, 4.69) is 18.8 Å². The second-order valence-electron chi connectivity index (χ2n) is 7.68. The minimum absolute atomic E-state index is 0.0240. The molecule has 0 bridgehead atoms. The average molecular weight is 370 g/mol.